The van der Waals surface area contributed by atoms with Gasteiger partial charge in [-0.05, 0) is 6.07 Å². The second kappa shape index (κ2) is 6.15. The van der Waals surface area contributed by atoms with Crippen molar-refractivity contribution in [2.45, 2.75) is 19.1 Å². The van der Waals surface area contributed by atoms with Crippen molar-refractivity contribution in [1.29, 1.82) is 0 Å². The standard InChI is InChI=1S/C9H16N4O2/c1-15-8(5-10)4-9(14)11-6-7-2-3-12-13-7/h2-3,8H,4-6,10H2,1H3,(H,11,14)(H,12,13). The van der Waals surface area contributed by atoms with Crippen LogP contribution in [0.3, 0.4) is 0 Å². The van der Waals surface area contributed by atoms with Crippen LogP contribution in [0.4, 0.5) is 0 Å². The van der Waals surface area contributed by atoms with Gasteiger partial charge < -0.3 is 15.8 Å². The fourth-order valence-electron chi connectivity index (χ4n) is 1.12. The van der Waals surface area contributed by atoms with Crippen molar-refractivity contribution < 1.29 is 9.53 Å². The third kappa shape index (κ3) is 4.09. The molecule has 0 aliphatic carbocycles. The van der Waals surface area contributed by atoms with E-state index in [4.69, 9.17) is 10.5 Å². The molecule has 1 rings (SSSR count). The quantitative estimate of drug-likeness (QED) is 0.586. The number of nitrogens with one attached hydrogen (secondary N) is 2. The molecule has 4 N–H and O–H groups in total. The molecule has 0 bridgehead atoms. The van der Waals surface area contributed by atoms with Crippen LogP contribution in [0, 0.1) is 0 Å². The Labute approximate surface area is 88.2 Å². The summed E-state index contributed by atoms with van der Waals surface area (Å²) in [6.45, 7) is 0.786. The summed E-state index contributed by atoms with van der Waals surface area (Å²) in [6.07, 6.45) is 1.70. The van der Waals surface area contributed by atoms with Gasteiger partial charge in [-0.2, -0.15) is 5.10 Å². The van der Waals surface area contributed by atoms with E-state index in [0.717, 1.165) is 5.69 Å². The van der Waals surface area contributed by atoms with E-state index in [0.29, 0.717) is 13.1 Å². The summed E-state index contributed by atoms with van der Waals surface area (Å²) < 4.78 is 5.00. The molecule has 6 heteroatoms. The highest BCUT2D eigenvalue weighted by Gasteiger charge is 2.10. The van der Waals surface area contributed by atoms with Crippen molar-refractivity contribution in [3.63, 3.8) is 0 Å². The van der Waals surface area contributed by atoms with Gasteiger partial charge in [-0.1, -0.05) is 0 Å². The minimum absolute atomic E-state index is 0.0816. The average Bonchev–Trinajstić information content (AvgIpc) is 2.75. The van der Waals surface area contributed by atoms with Crippen molar-refractivity contribution in [1.82, 2.24) is 15.5 Å². The van der Waals surface area contributed by atoms with E-state index in [1.54, 1.807) is 19.4 Å². The molecule has 0 aromatic carbocycles. The Balaban J connectivity index is 2.24. The van der Waals surface area contributed by atoms with Crippen molar-refractivity contribution in [3.8, 4) is 0 Å². The van der Waals surface area contributed by atoms with Crippen LogP contribution in [0.5, 0.6) is 0 Å². The van der Waals surface area contributed by atoms with Gasteiger partial charge >= 0.3 is 0 Å². The van der Waals surface area contributed by atoms with E-state index in [1.807, 2.05) is 0 Å². The molecule has 0 saturated heterocycles. The largest absolute Gasteiger partial charge is 0.380 e. The number of aromatic nitrogens is 2. The van der Waals surface area contributed by atoms with Crippen molar-refractivity contribution in [2.24, 2.45) is 5.73 Å². The minimum Gasteiger partial charge on any atom is -0.380 e. The Hall–Kier alpha value is -1.40. The molecule has 0 radical (unpaired) electrons. The van der Waals surface area contributed by atoms with Crippen LogP contribution in [0.15, 0.2) is 12.3 Å². The Kier molecular flexibility index (Phi) is 4.79. The van der Waals surface area contributed by atoms with Crippen LogP contribution in [0.25, 0.3) is 0 Å². The van der Waals surface area contributed by atoms with E-state index in [2.05, 4.69) is 15.5 Å². The number of nitrogens with zero attached hydrogens (tertiary/aromatic N) is 1. The third-order valence-electron chi connectivity index (χ3n) is 2.04. The van der Waals surface area contributed by atoms with Gasteiger partial charge in [-0.3, -0.25) is 9.89 Å². The average molecular weight is 212 g/mol. The Morgan fingerprint density at radius 3 is 3.13 bits per heavy atom. The first-order chi connectivity index (χ1) is 7.26. The molecular weight excluding hydrogens is 196 g/mol. The predicted molar refractivity (Wildman–Crippen MR) is 54.9 cm³/mol. The molecule has 1 aromatic heterocycles. The summed E-state index contributed by atoms with van der Waals surface area (Å²) in [6, 6.07) is 1.80. The molecule has 1 amide bonds. The SMILES string of the molecule is COC(CN)CC(=O)NCc1ccn[nH]1. The Morgan fingerprint density at radius 2 is 2.60 bits per heavy atom. The zero-order chi connectivity index (χ0) is 11.1. The Morgan fingerprint density at radius 1 is 1.80 bits per heavy atom. The molecule has 15 heavy (non-hydrogen) atoms. The normalized spacial score (nSPS) is 12.4. The number of hydrogen-bond acceptors (Lipinski definition) is 4. The fraction of sp³-hybridized carbons (Fsp3) is 0.556. The van der Waals surface area contributed by atoms with Crippen LogP contribution in [-0.4, -0.2) is 35.9 Å². The molecule has 1 unspecified atom stereocenters. The second-order valence-corrected chi connectivity index (χ2v) is 3.16. The molecule has 1 aromatic rings. The molecule has 6 nitrogen and oxygen atoms in total. The summed E-state index contributed by atoms with van der Waals surface area (Å²) in [5.74, 6) is -0.0816. The maximum Gasteiger partial charge on any atom is 0.222 e. The number of nitrogens with two attached hydrogens (primary N) is 1. The summed E-state index contributed by atoms with van der Waals surface area (Å²) in [4.78, 5) is 11.4. The molecule has 1 atom stereocenters. The molecular formula is C9H16N4O2. The first kappa shape index (κ1) is 11.7. The lowest BCUT2D eigenvalue weighted by Gasteiger charge is -2.11. The number of aromatic amines is 1. The number of ether oxygens (including phenoxy) is 1. The summed E-state index contributed by atoms with van der Waals surface area (Å²) >= 11 is 0. The lowest BCUT2D eigenvalue weighted by Crippen LogP contribution is -2.31. The van der Waals surface area contributed by atoms with E-state index in [-0.39, 0.29) is 18.4 Å². The Bertz CT molecular complexity index is 282. The molecule has 1 heterocycles. The number of carbonyl (C=O) groups excluding carboxylic acids is 1. The zero-order valence-corrected chi connectivity index (χ0v) is 8.69. The van der Waals surface area contributed by atoms with Gasteiger partial charge in [0.2, 0.25) is 5.91 Å². The molecule has 0 aliphatic rings. The number of carbonyl (C=O) groups is 1. The van der Waals surface area contributed by atoms with Crippen LogP contribution in [-0.2, 0) is 16.1 Å². The summed E-state index contributed by atoms with van der Waals surface area (Å²) in [5.41, 5.74) is 6.27. The minimum atomic E-state index is -0.216. The number of H-pyrrole nitrogens is 1. The molecule has 0 spiro atoms. The van der Waals surface area contributed by atoms with Crippen molar-refractivity contribution in [2.75, 3.05) is 13.7 Å². The van der Waals surface area contributed by atoms with Gasteiger partial charge in [0.15, 0.2) is 0 Å². The maximum atomic E-state index is 11.4. The van der Waals surface area contributed by atoms with Crippen LogP contribution >= 0.6 is 0 Å². The van der Waals surface area contributed by atoms with Gasteiger partial charge in [0.05, 0.1) is 24.8 Å². The highest BCUT2D eigenvalue weighted by atomic mass is 16.5. The van der Waals surface area contributed by atoms with Gasteiger partial charge in [0.25, 0.3) is 0 Å². The molecule has 84 valence electrons. The van der Waals surface area contributed by atoms with Crippen molar-refractivity contribution >= 4 is 5.91 Å². The predicted octanol–water partition coefficient (Wildman–Crippen LogP) is -0.610. The summed E-state index contributed by atoms with van der Waals surface area (Å²) in [5, 5.41) is 9.26. The highest BCUT2D eigenvalue weighted by molar-refractivity contribution is 5.76. The van der Waals surface area contributed by atoms with Crippen LogP contribution in [0.2, 0.25) is 0 Å². The highest BCUT2D eigenvalue weighted by Crippen LogP contribution is 1.96. The topological polar surface area (TPSA) is 93.0 Å². The van der Waals surface area contributed by atoms with E-state index >= 15 is 0 Å². The van der Waals surface area contributed by atoms with Crippen molar-refractivity contribution in [3.05, 3.63) is 18.0 Å². The van der Waals surface area contributed by atoms with Gasteiger partial charge in [0.1, 0.15) is 0 Å². The van der Waals surface area contributed by atoms with E-state index in [1.165, 1.54) is 0 Å². The number of rotatable bonds is 6. The molecule has 0 saturated carbocycles. The molecule has 0 aliphatic heterocycles. The van der Waals surface area contributed by atoms with Crippen LogP contribution in [0.1, 0.15) is 12.1 Å². The van der Waals surface area contributed by atoms with Gasteiger partial charge in [0, 0.05) is 19.9 Å². The van der Waals surface area contributed by atoms with Crippen LogP contribution < -0.4 is 11.1 Å². The molecule has 0 fully saturated rings. The van der Waals surface area contributed by atoms with Gasteiger partial charge in [-0.25, -0.2) is 0 Å². The lowest BCUT2D eigenvalue weighted by molar-refractivity contribution is -0.123. The second-order valence-electron chi connectivity index (χ2n) is 3.16. The van der Waals surface area contributed by atoms with E-state index < -0.39 is 0 Å². The monoisotopic (exact) mass is 212 g/mol. The summed E-state index contributed by atoms with van der Waals surface area (Å²) in [7, 11) is 1.54. The van der Waals surface area contributed by atoms with E-state index in [9.17, 15) is 4.79 Å². The number of hydrogen-bond donors (Lipinski definition) is 3. The number of amides is 1. The first-order valence-electron chi connectivity index (χ1n) is 4.74. The van der Waals surface area contributed by atoms with Gasteiger partial charge in [-0.15, -0.1) is 0 Å². The smallest absolute Gasteiger partial charge is 0.222 e. The number of methoxy groups -OCH3 is 1. The zero-order valence-electron chi connectivity index (χ0n) is 8.69. The maximum absolute atomic E-state index is 11.4. The third-order valence-corrected chi connectivity index (χ3v) is 2.04. The first-order valence-corrected chi connectivity index (χ1v) is 4.74. The fourth-order valence-corrected chi connectivity index (χ4v) is 1.12. The lowest BCUT2D eigenvalue weighted by atomic mass is 10.2.